The third kappa shape index (κ3) is 3.68. The molecule has 6 heteroatoms. The van der Waals surface area contributed by atoms with Crippen molar-refractivity contribution in [1.29, 1.82) is 0 Å². The number of likely N-dealkylation sites (tertiary alicyclic amines) is 1. The molecule has 1 aromatic rings. The molecular weight excluding hydrogens is 282 g/mol. The van der Waals surface area contributed by atoms with Crippen LogP contribution in [0, 0.1) is 13.8 Å². The minimum absolute atomic E-state index is 0.0430. The highest BCUT2D eigenvalue weighted by atomic mass is 16.3. The Kier molecular flexibility index (Phi) is 4.60. The first-order valence-electron chi connectivity index (χ1n) is 7.64. The van der Waals surface area contributed by atoms with Gasteiger partial charge in [-0.15, -0.1) is 0 Å². The molecule has 2 amide bonds. The second kappa shape index (κ2) is 6.12. The van der Waals surface area contributed by atoms with Gasteiger partial charge in [0.1, 0.15) is 11.5 Å². The average molecular weight is 307 g/mol. The Hall–Kier alpha value is -1.82. The van der Waals surface area contributed by atoms with Gasteiger partial charge in [0, 0.05) is 19.1 Å². The van der Waals surface area contributed by atoms with E-state index in [4.69, 9.17) is 10.2 Å². The fourth-order valence-corrected chi connectivity index (χ4v) is 2.75. The summed E-state index contributed by atoms with van der Waals surface area (Å²) in [6.45, 7) is 8.27. The van der Waals surface area contributed by atoms with Gasteiger partial charge in [-0.05, 0) is 46.6 Å². The van der Waals surface area contributed by atoms with Crippen LogP contribution < -0.4 is 11.1 Å². The number of piperidine rings is 1. The van der Waals surface area contributed by atoms with Crippen LogP contribution in [0.2, 0.25) is 0 Å². The van der Waals surface area contributed by atoms with E-state index in [1.165, 1.54) is 0 Å². The molecular formula is C16H25N3O3. The Morgan fingerprint density at radius 2 is 1.91 bits per heavy atom. The van der Waals surface area contributed by atoms with E-state index >= 15 is 0 Å². The van der Waals surface area contributed by atoms with Crippen LogP contribution >= 0.6 is 0 Å². The van der Waals surface area contributed by atoms with Gasteiger partial charge in [0.25, 0.3) is 5.91 Å². The lowest BCUT2D eigenvalue weighted by molar-refractivity contribution is -0.136. The summed E-state index contributed by atoms with van der Waals surface area (Å²) in [4.78, 5) is 26.1. The van der Waals surface area contributed by atoms with Gasteiger partial charge >= 0.3 is 0 Å². The zero-order valence-electron chi connectivity index (χ0n) is 13.7. The minimum atomic E-state index is -0.846. The molecule has 0 saturated carbocycles. The molecule has 122 valence electrons. The van der Waals surface area contributed by atoms with E-state index in [0.29, 0.717) is 24.4 Å². The van der Waals surface area contributed by atoms with E-state index in [1.807, 2.05) is 6.92 Å². The number of carbonyl (C=O) groups is 2. The molecule has 3 N–H and O–H groups in total. The minimum Gasteiger partial charge on any atom is -0.466 e. The number of nitrogens with two attached hydrogens (primary N) is 1. The lowest BCUT2D eigenvalue weighted by Gasteiger charge is -2.35. The number of amides is 2. The van der Waals surface area contributed by atoms with Crippen molar-refractivity contribution >= 4 is 11.8 Å². The van der Waals surface area contributed by atoms with Crippen molar-refractivity contribution in [3.8, 4) is 0 Å². The molecule has 0 aromatic carbocycles. The number of nitrogens with one attached hydrogen (secondary N) is 1. The first-order chi connectivity index (χ1) is 10.2. The van der Waals surface area contributed by atoms with Crippen LogP contribution in [0.4, 0.5) is 0 Å². The summed E-state index contributed by atoms with van der Waals surface area (Å²) in [5, 5.41) is 3.02. The summed E-state index contributed by atoms with van der Waals surface area (Å²) in [7, 11) is 0. The summed E-state index contributed by atoms with van der Waals surface area (Å²) in [6.07, 6.45) is 1.48. The Bertz CT molecular complexity index is 564. The molecule has 1 aliphatic rings. The van der Waals surface area contributed by atoms with Crippen molar-refractivity contribution < 1.29 is 14.0 Å². The number of hydrogen-bond acceptors (Lipinski definition) is 4. The number of hydrogen-bond donors (Lipinski definition) is 2. The molecule has 0 unspecified atom stereocenters. The zero-order chi connectivity index (χ0) is 16.5. The van der Waals surface area contributed by atoms with Crippen LogP contribution in [-0.2, 0) is 4.79 Å². The van der Waals surface area contributed by atoms with Gasteiger partial charge in [-0.2, -0.15) is 0 Å². The summed E-state index contributed by atoms with van der Waals surface area (Å²) < 4.78 is 5.38. The number of nitrogens with zero attached hydrogens (tertiary/aromatic N) is 1. The molecule has 0 atom stereocenters. The van der Waals surface area contributed by atoms with Crippen LogP contribution in [0.5, 0.6) is 0 Å². The molecule has 0 bridgehead atoms. The van der Waals surface area contributed by atoms with E-state index in [0.717, 1.165) is 18.6 Å². The molecule has 2 rings (SSSR count). The number of rotatable bonds is 3. The van der Waals surface area contributed by atoms with Gasteiger partial charge in [0.2, 0.25) is 5.91 Å². The van der Waals surface area contributed by atoms with Crippen molar-refractivity contribution in [3.05, 3.63) is 23.2 Å². The van der Waals surface area contributed by atoms with Crippen molar-refractivity contribution in [2.45, 2.75) is 52.1 Å². The summed E-state index contributed by atoms with van der Waals surface area (Å²) >= 11 is 0. The summed E-state index contributed by atoms with van der Waals surface area (Å²) in [6, 6.07) is 1.83. The molecule has 1 aromatic heterocycles. The van der Waals surface area contributed by atoms with Gasteiger partial charge in [-0.3, -0.25) is 9.59 Å². The van der Waals surface area contributed by atoms with Gasteiger partial charge in [0.15, 0.2) is 0 Å². The van der Waals surface area contributed by atoms with Crippen LogP contribution in [0.3, 0.4) is 0 Å². The highest BCUT2D eigenvalue weighted by Crippen LogP contribution is 2.17. The smallest absolute Gasteiger partial charge is 0.255 e. The Morgan fingerprint density at radius 3 is 2.36 bits per heavy atom. The van der Waals surface area contributed by atoms with Crippen molar-refractivity contribution in [2.75, 3.05) is 13.1 Å². The van der Waals surface area contributed by atoms with Crippen molar-refractivity contribution in [2.24, 2.45) is 5.73 Å². The molecule has 0 aliphatic carbocycles. The maximum Gasteiger partial charge on any atom is 0.255 e. The molecule has 1 fully saturated rings. The van der Waals surface area contributed by atoms with Gasteiger partial charge in [-0.1, -0.05) is 0 Å². The molecule has 2 heterocycles. The quantitative estimate of drug-likeness (QED) is 0.882. The molecule has 1 aliphatic heterocycles. The van der Waals surface area contributed by atoms with Crippen LogP contribution in [-0.4, -0.2) is 41.4 Å². The second-order valence-corrected chi connectivity index (χ2v) is 6.59. The van der Waals surface area contributed by atoms with Crippen LogP contribution in [0.1, 0.15) is 48.6 Å². The van der Waals surface area contributed by atoms with E-state index < -0.39 is 5.54 Å². The largest absolute Gasteiger partial charge is 0.466 e. The summed E-state index contributed by atoms with van der Waals surface area (Å²) in [5.74, 6) is 1.21. The zero-order valence-corrected chi connectivity index (χ0v) is 13.7. The maximum atomic E-state index is 12.3. The lowest BCUT2D eigenvalue weighted by Crippen LogP contribution is -2.55. The van der Waals surface area contributed by atoms with Crippen molar-refractivity contribution in [1.82, 2.24) is 10.2 Å². The van der Waals surface area contributed by atoms with E-state index in [-0.39, 0.29) is 17.9 Å². The molecule has 22 heavy (non-hydrogen) atoms. The van der Waals surface area contributed by atoms with E-state index in [9.17, 15) is 9.59 Å². The molecule has 0 radical (unpaired) electrons. The highest BCUT2D eigenvalue weighted by Gasteiger charge is 2.31. The predicted octanol–water partition coefficient (Wildman–Crippen LogP) is 1.35. The average Bonchev–Trinajstić information content (AvgIpc) is 2.77. The SMILES string of the molecule is Cc1cc(C(=O)NC2CCN(C(=O)C(C)(C)N)CC2)c(C)o1. The lowest BCUT2D eigenvalue weighted by atomic mass is 10.00. The highest BCUT2D eigenvalue weighted by molar-refractivity contribution is 5.95. The van der Waals surface area contributed by atoms with E-state index in [2.05, 4.69) is 5.32 Å². The van der Waals surface area contributed by atoms with Crippen molar-refractivity contribution in [3.63, 3.8) is 0 Å². The van der Waals surface area contributed by atoms with Crippen LogP contribution in [0.15, 0.2) is 10.5 Å². The number of aryl methyl sites for hydroxylation is 2. The Morgan fingerprint density at radius 1 is 1.32 bits per heavy atom. The third-order valence-corrected chi connectivity index (χ3v) is 3.95. The Balaban J connectivity index is 1.89. The predicted molar refractivity (Wildman–Crippen MR) is 83.5 cm³/mol. The number of furan rings is 1. The number of carbonyl (C=O) groups excluding carboxylic acids is 2. The standard InChI is InChI=1S/C16H25N3O3/c1-10-9-13(11(2)22-10)14(20)18-12-5-7-19(8-6-12)15(21)16(3,4)17/h9,12H,5-8,17H2,1-4H3,(H,18,20). The molecule has 0 spiro atoms. The third-order valence-electron chi connectivity index (χ3n) is 3.95. The fraction of sp³-hybridized carbons (Fsp3) is 0.625. The Labute approximate surface area is 131 Å². The molecule has 1 saturated heterocycles. The van der Waals surface area contributed by atoms with E-state index in [1.54, 1.807) is 31.7 Å². The summed E-state index contributed by atoms with van der Waals surface area (Å²) in [5.41, 5.74) is 5.59. The maximum absolute atomic E-state index is 12.3. The van der Waals surface area contributed by atoms with Gasteiger partial charge in [0.05, 0.1) is 11.1 Å². The topological polar surface area (TPSA) is 88.6 Å². The van der Waals surface area contributed by atoms with Gasteiger partial charge < -0.3 is 20.4 Å². The fourth-order valence-electron chi connectivity index (χ4n) is 2.75. The van der Waals surface area contributed by atoms with Gasteiger partial charge in [-0.25, -0.2) is 0 Å². The normalized spacial score (nSPS) is 16.7. The first-order valence-corrected chi connectivity index (χ1v) is 7.64. The monoisotopic (exact) mass is 307 g/mol. The van der Waals surface area contributed by atoms with Crippen LogP contribution in [0.25, 0.3) is 0 Å². The molecule has 6 nitrogen and oxygen atoms in total. The second-order valence-electron chi connectivity index (χ2n) is 6.59. The first kappa shape index (κ1) is 16.5.